The molecule has 0 rings (SSSR count). The molecule has 0 amide bonds. The van der Waals surface area contributed by atoms with Gasteiger partial charge in [0, 0.05) is 6.42 Å². The molecule has 0 radical (unpaired) electrons. The molecule has 0 aromatic heterocycles. The van der Waals surface area contributed by atoms with Gasteiger partial charge in [0.1, 0.15) is 12.6 Å². The van der Waals surface area contributed by atoms with Crippen LogP contribution in [0.15, 0.2) is 12.2 Å². The summed E-state index contributed by atoms with van der Waals surface area (Å²) in [6.45, 7) is 10.5. The second kappa shape index (κ2) is 12.5. The number of carbonyl (C=O) groups is 1. The molecule has 2 atom stereocenters. The predicted octanol–water partition coefficient (Wildman–Crippen LogP) is 3.98. The van der Waals surface area contributed by atoms with E-state index in [0.29, 0.717) is 17.4 Å². The third-order valence-corrected chi connectivity index (χ3v) is 4.48. The van der Waals surface area contributed by atoms with Crippen LogP contribution in [0, 0.1) is 0 Å². The lowest BCUT2D eigenvalue weighted by molar-refractivity contribution is -0.945. The monoisotopic (exact) mass is 328 g/mol. The first kappa shape index (κ1) is 22.1. The quantitative estimate of drug-likeness (QED) is 0.288. The molecule has 2 unspecified atom stereocenters. The Bertz CT molecular complexity index is 336. The number of allylic oxidation sites excluding steroid dienone is 1. The first-order valence-electron chi connectivity index (χ1n) is 9.40. The highest BCUT2D eigenvalue weighted by molar-refractivity contribution is 5.72. The Morgan fingerprint density at radius 1 is 1.04 bits per heavy atom. The number of unbranched alkanes of at least 4 members (excludes halogenated alkanes) is 2. The Morgan fingerprint density at radius 3 is 2.09 bits per heavy atom. The summed E-state index contributed by atoms with van der Waals surface area (Å²) in [6.07, 6.45) is 9.96. The second-order valence-electron chi connectivity index (χ2n) is 6.63. The van der Waals surface area contributed by atoms with Crippen molar-refractivity contribution in [3.63, 3.8) is 0 Å². The Morgan fingerprint density at radius 2 is 1.65 bits per heavy atom. The lowest BCUT2D eigenvalue weighted by atomic mass is 10.0. The molecule has 0 aromatic carbocycles. The lowest BCUT2D eigenvalue weighted by Crippen LogP contribution is -2.62. The number of quaternary nitrogens is 1. The largest absolute Gasteiger partial charge is 0.477 e. The lowest BCUT2D eigenvalue weighted by Gasteiger charge is -2.44. The molecule has 23 heavy (non-hydrogen) atoms. The van der Waals surface area contributed by atoms with E-state index in [1.807, 2.05) is 19.1 Å². The van der Waals surface area contributed by atoms with Gasteiger partial charge in [0.25, 0.3) is 0 Å². The van der Waals surface area contributed by atoms with Gasteiger partial charge < -0.3 is 14.7 Å². The van der Waals surface area contributed by atoms with Gasteiger partial charge in [-0.3, -0.25) is 0 Å². The molecule has 0 spiro atoms. The zero-order valence-corrected chi connectivity index (χ0v) is 15.6. The Hall–Kier alpha value is -0.870. The van der Waals surface area contributed by atoms with Crippen molar-refractivity contribution in [2.75, 3.05) is 19.6 Å². The minimum absolute atomic E-state index is 0.418. The van der Waals surface area contributed by atoms with Crippen molar-refractivity contribution in [1.29, 1.82) is 0 Å². The van der Waals surface area contributed by atoms with Crippen molar-refractivity contribution < 1.29 is 19.5 Å². The summed E-state index contributed by atoms with van der Waals surface area (Å²) in [5, 5.41) is 20.2. The number of aliphatic hydroxyl groups excluding tert-OH is 1. The molecular formula is C19H38NO3+. The fourth-order valence-electron chi connectivity index (χ4n) is 3.54. The minimum Gasteiger partial charge on any atom is -0.477 e. The van der Waals surface area contributed by atoms with E-state index >= 15 is 0 Å². The van der Waals surface area contributed by atoms with Crippen molar-refractivity contribution in [2.45, 2.75) is 84.8 Å². The van der Waals surface area contributed by atoms with E-state index in [1.165, 1.54) is 0 Å². The number of hydrogen-bond donors (Lipinski definition) is 2. The topological polar surface area (TPSA) is 57.5 Å². The van der Waals surface area contributed by atoms with E-state index in [4.69, 9.17) is 0 Å². The van der Waals surface area contributed by atoms with Gasteiger partial charge in [-0.25, -0.2) is 4.79 Å². The molecule has 0 fully saturated rings. The molecule has 0 aliphatic carbocycles. The first-order valence-corrected chi connectivity index (χ1v) is 9.40. The van der Waals surface area contributed by atoms with Gasteiger partial charge in [-0.2, -0.15) is 0 Å². The summed E-state index contributed by atoms with van der Waals surface area (Å²) in [5.74, 6) is -0.726. The van der Waals surface area contributed by atoms with E-state index < -0.39 is 18.1 Å². The number of hydrogen-bond acceptors (Lipinski definition) is 2. The highest BCUT2D eigenvalue weighted by Crippen LogP contribution is 2.22. The van der Waals surface area contributed by atoms with Crippen LogP contribution in [-0.4, -0.2) is 52.4 Å². The SMILES string of the molecule is CCCC/C=C/C(O)C[N+](CCC)(CCC)C(CCC)C(=O)O. The Balaban J connectivity index is 5.22. The van der Waals surface area contributed by atoms with Crippen molar-refractivity contribution in [2.24, 2.45) is 0 Å². The van der Waals surface area contributed by atoms with E-state index in [0.717, 1.165) is 51.6 Å². The predicted molar refractivity (Wildman–Crippen MR) is 96.4 cm³/mol. The molecule has 136 valence electrons. The third kappa shape index (κ3) is 7.98. The molecule has 0 aliphatic rings. The zero-order chi connectivity index (χ0) is 17.7. The van der Waals surface area contributed by atoms with Crippen LogP contribution in [0.2, 0.25) is 0 Å². The molecule has 0 aliphatic heterocycles. The molecule has 2 N–H and O–H groups in total. The number of nitrogens with zero attached hydrogens (tertiary/aromatic N) is 1. The highest BCUT2D eigenvalue weighted by atomic mass is 16.4. The second-order valence-corrected chi connectivity index (χ2v) is 6.63. The van der Waals surface area contributed by atoms with Gasteiger partial charge in [0.2, 0.25) is 0 Å². The molecule has 0 saturated heterocycles. The van der Waals surface area contributed by atoms with E-state index in [2.05, 4.69) is 20.8 Å². The summed E-state index contributed by atoms with van der Waals surface area (Å²) in [5.41, 5.74) is 0. The molecule has 4 nitrogen and oxygen atoms in total. The smallest absolute Gasteiger partial charge is 0.362 e. The van der Waals surface area contributed by atoms with Crippen LogP contribution in [0.4, 0.5) is 0 Å². The molecule has 4 heteroatoms. The van der Waals surface area contributed by atoms with Gasteiger partial charge in [0.05, 0.1) is 13.1 Å². The van der Waals surface area contributed by atoms with Gasteiger partial charge in [0.15, 0.2) is 6.04 Å². The Kier molecular flexibility index (Phi) is 12.1. The summed E-state index contributed by atoms with van der Waals surface area (Å²) in [6, 6.07) is -0.418. The summed E-state index contributed by atoms with van der Waals surface area (Å²) in [7, 11) is 0. The summed E-state index contributed by atoms with van der Waals surface area (Å²) < 4.78 is 0.495. The van der Waals surface area contributed by atoms with Gasteiger partial charge in [-0.15, -0.1) is 0 Å². The average Bonchev–Trinajstić information content (AvgIpc) is 2.49. The van der Waals surface area contributed by atoms with Crippen LogP contribution in [0.1, 0.15) is 72.6 Å². The van der Waals surface area contributed by atoms with Gasteiger partial charge in [-0.05, 0) is 25.7 Å². The summed E-state index contributed by atoms with van der Waals surface area (Å²) >= 11 is 0. The minimum atomic E-state index is -0.726. The first-order chi connectivity index (χ1) is 11.0. The van der Waals surface area contributed by atoms with Crippen molar-refractivity contribution in [1.82, 2.24) is 0 Å². The molecule has 0 bridgehead atoms. The Labute approximate surface area is 142 Å². The number of aliphatic hydroxyl groups is 1. The molecule has 0 saturated carbocycles. The van der Waals surface area contributed by atoms with Crippen molar-refractivity contribution in [3.8, 4) is 0 Å². The van der Waals surface area contributed by atoms with E-state index in [9.17, 15) is 15.0 Å². The molecule has 0 aromatic rings. The third-order valence-electron chi connectivity index (χ3n) is 4.48. The van der Waals surface area contributed by atoms with Crippen molar-refractivity contribution >= 4 is 5.97 Å². The fourth-order valence-corrected chi connectivity index (χ4v) is 3.54. The van der Waals surface area contributed by atoms with Crippen LogP contribution in [0.25, 0.3) is 0 Å². The molecule has 0 heterocycles. The number of rotatable bonds is 14. The van der Waals surface area contributed by atoms with Crippen molar-refractivity contribution in [3.05, 3.63) is 12.2 Å². The van der Waals surface area contributed by atoms with Gasteiger partial charge >= 0.3 is 5.97 Å². The van der Waals surface area contributed by atoms with Gasteiger partial charge in [-0.1, -0.05) is 52.7 Å². The molecular weight excluding hydrogens is 290 g/mol. The summed E-state index contributed by atoms with van der Waals surface area (Å²) in [4.78, 5) is 11.9. The number of carboxylic acids is 1. The van der Waals surface area contributed by atoms with Crippen LogP contribution in [-0.2, 0) is 4.79 Å². The van der Waals surface area contributed by atoms with Crippen LogP contribution in [0.3, 0.4) is 0 Å². The number of aliphatic carboxylic acids is 1. The highest BCUT2D eigenvalue weighted by Gasteiger charge is 2.41. The standard InChI is InChI=1S/C19H37NO3/c1-5-9-10-11-13-17(21)16-20(14-7-3,15-8-4)18(12-6-2)19(22)23/h11,13,17-18,21H,5-10,12,14-16H2,1-4H3/p+1/b13-11+. The zero-order valence-electron chi connectivity index (χ0n) is 15.6. The van der Waals surface area contributed by atoms with Crippen LogP contribution >= 0.6 is 0 Å². The maximum Gasteiger partial charge on any atom is 0.362 e. The average molecular weight is 329 g/mol. The van der Waals surface area contributed by atoms with Crippen LogP contribution in [0.5, 0.6) is 0 Å². The normalized spacial score (nSPS) is 15.0. The maximum atomic E-state index is 11.9. The maximum absolute atomic E-state index is 11.9. The fraction of sp³-hybridized carbons (Fsp3) is 0.842. The van der Waals surface area contributed by atoms with E-state index in [-0.39, 0.29) is 0 Å². The van der Waals surface area contributed by atoms with Crippen LogP contribution < -0.4 is 0 Å². The number of carboxylic acid groups (broad SMARTS) is 1. The van der Waals surface area contributed by atoms with E-state index in [1.54, 1.807) is 0 Å².